The largest absolute Gasteiger partial charge is 0.326 e. The molecule has 0 radical (unpaired) electrons. The molecule has 0 saturated carbocycles. The lowest BCUT2D eigenvalue weighted by molar-refractivity contribution is -0.118. The van der Waals surface area contributed by atoms with Gasteiger partial charge in [-0.2, -0.15) is 0 Å². The number of benzene rings is 1. The van der Waals surface area contributed by atoms with Gasteiger partial charge >= 0.3 is 0 Å². The van der Waals surface area contributed by atoms with Crippen molar-refractivity contribution < 1.29 is 14.4 Å². The van der Waals surface area contributed by atoms with E-state index in [-0.39, 0.29) is 17.2 Å². The van der Waals surface area contributed by atoms with Gasteiger partial charge in [-0.25, -0.2) is 0 Å². The number of carbonyl (C=O) groups excluding carboxylic acids is 3. The summed E-state index contributed by atoms with van der Waals surface area (Å²) in [4.78, 5) is 34.6. The summed E-state index contributed by atoms with van der Waals surface area (Å²) in [5.74, 6) is -0.982. The third-order valence-corrected chi connectivity index (χ3v) is 3.10. The number of nitrogens with one attached hydrogen (secondary N) is 3. The molecule has 0 unspecified atom stereocenters. The molecule has 0 spiro atoms. The van der Waals surface area contributed by atoms with E-state index < -0.39 is 5.91 Å². The van der Waals surface area contributed by atoms with E-state index in [0.717, 1.165) is 0 Å². The Balaban J connectivity index is 1.93. The van der Waals surface area contributed by atoms with Crippen molar-refractivity contribution in [2.45, 2.75) is 20.8 Å². The quantitative estimate of drug-likeness (QED) is 0.734. The third-order valence-electron chi connectivity index (χ3n) is 3.10. The second-order valence-electron chi connectivity index (χ2n) is 5.45. The van der Waals surface area contributed by atoms with E-state index in [9.17, 15) is 14.4 Å². The van der Waals surface area contributed by atoms with Gasteiger partial charge in [-0.15, -0.1) is 0 Å². The van der Waals surface area contributed by atoms with Gasteiger partial charge in [0.1, 0.15) is 0 Å². The highest BCUT2D eigenvalue weighted by Gasteiger charge is 2.39. The summed E-state index contributed by atoms with van der Waals surface area (Å²) in [6, 6.07) is 6.44. The summed E-state index contributed by atoms with van der Waals surface area (Å²) in [7, 11) is 0. The third kappa shape index (κ3) is 3.68. The van der Waals surface area contributed by atoms with Gasteiger partial charge in [0.2, 0.25) is 5.91 Å². The maximum Gasteiger partial charge on any atom is 0.269 e. The Morgan fingerprint density at radius 1 is 1.05 bits per heavy atom. The van der Waals surface area contributed by atoms with Crippen LogP contribution in [0.5, 0.6) is 0 Å². The van der Waals surface area contributed by atoms with Crippen LogP contribution in [0, 0.1) is 5.41 Å². The van der Waals surface area contributed by atoms with E-state index in [1.807, 2.05) is 19.9 Å². The zero-order valence-corrected chi connectivity index (χ0v) is 12.1. The van der Waals surface area contributed by atoms with E-state index in [1.165, 1.54) is 13.0 Å². The van der Waals surface area contributed by atoms with E-state index in [1.54, 1.807) is 18.2 Å². The van der Waals surface area contributed by atoms with Crippen LogP contribution in [0.4, 0.5) is 5.69 Å². The minimum absolute atomic E-state index is 0.194. The number of hydrazine groups is 1. The first kappa shape index (κ1) is 14.8. The standard InChI is InChI=1S/C15H17N3O3/c1-9(19)16-11-6-4-5-10(7-11)13(20)17-18-14(21)12-8-15(12,2)3/h4-8H,1-3H3,(H,16,19)(H,17,20)(H,18,21). The van der Waals surface area contributed by atoms with Crippen LogP contribution in [0.1, 0.15) is 31.1 Å². The van der Waals surface area contributed by atoms with Gasteiger partial charge in [0.05, 0.1) is 0 Å². The van der Waals surface area contributed by atoms with Gasteiger partial charge in [-0.3, -0.25) is 25.2 Å². The monoisotopic (exact) mass is 287 g/mol. The smallest absolute Gasteiger partial charge is 0.269 e. The highest BCUT2D eigenvalue weighted by molar-refractivity contribution is 6.02. The Bertz CT molecular complexity index is 647. The number of carbonyl (C=O) groups is 3. The molecule has 3 amide bonds. The van der Waals surface area contributed by atoms with Crippen molar-refractivity contribution in [1.29, 1.82) is 0 Å². The number of rotatable bonds is 3. The van der Waals surface area contributed by atoms with Gasteiger partial charge in [-0.1, -0.05) is 26.0 Å². The summed E-state index contributed by atoms with van der Waals surface area (Å²) in [6.07, 6.45) is 1.83. The maximum atomic E-state index is 11.9. The van der Waals surface area contributed by atoms with Crippen molar-refractivity contribution in [2.24, 2.45) is 5.41 Å². The Morgan fingerprint density at radius 3 is 2.24 bits per heavy atom. The van der Waals surface area contributed by atoms with E-state index in [0.29, 0.717) is 16.8 Å². The van der Waals surface area contributed by atoms with Crippen LogP contribution in [0.15, 0.2) is 35.9 Å². The highest BCUT2D eigenvalue weighted by atomic mass is 16.2. The van der Waals surface area contributed by atoms with Crippen molar-refractivity contribution in [2.75, 3.05) is 5.32 Å². The lowest BCUT2D eigenvalue weighted by Crippen LogP contribution is -2.42. The second-order valence-corrected chi connectivity index (χ2v) is 5.45. The van der Waals surface area contributed by atoms with Crippen molar-refractivity contribution in [3.8, 4) is 0 Å². The first-order valence-corrected chi connectivity index (χ1v) is 6.51. The molecule has 0 atom stereocenters. The molecule has 0 aromatic heterocycles. The molecule has 1 aliphatic rings. The van der Waals surface area contributed by atoms with Gasteiger partial charge < -0.3 is 5.32 Å². The van der Waals surface area contributed by atoms with Crippen molar-refractivity contribution in [1.82, 2.24) is 10.9 Å². The Labute approximate surface area is 122 Å². The van der Waals surface area contributed by atoms with Gasteiger partial charge in [0.25, 0.3) is 11.8 Å². The maximum absolute atomic E-state index is 11.9. The number of hydrogen-bond donors (Lipinski definition) is 3. The molecule has 0 heterocycles. The SMILES string of the molecule is CC(=O)Nc1cccc(C(=O)NNC(=O)C2=CC2(C)C)c1. The molecule has 0 aliphatic heterocycles. The molecule has 110 valence electrons. The zero-order valence-electron chi connectivity index (χ0n) is 12.1. The molecule has 3 N–H and O–H groups in total. The molecule has 21 heavy (non-hydrogen) atoms. The number of hydrogen-bond acceptors (Lipinski definition) is 3. The van der Waals surface area contributed by atoms with Crippen LogP contribution in [0.3, 0.4) is 0 Å². The topological polar surface area (TPSA) is 87.3 Å². The molecule has 1 aromatic carbocycles. The van der Waals surface area contributed by atoms with Crippen molar-refractivity contribution in [3.63, 3.8) is 0 Å². The predicted octanol–water partition coefficient (Wildman–Crippen LogP) is 1.37. The highest BCUT2D eigenvalue weighted by Crippen LogP contribution is 2.42. The van der Waals surface area contributed by atoms with Crippen LogP contribution in [0.2, 0.25) is 0 Å². The summed E-state index contributed by atoms with van der Waals surface area (Å²) in [5, 5.41) is 2.59. The molecule has 1 aliphatic carbocycles. The lowest BCUT2D eigenvalue weighted by atomic mass is 10.1. The Hall–Kier alpha value is -2.63. The van der Waals surface area contributed by atoms with Crippen LogP contribution < -0.4 is 16.2 Å². The molecule has 2 rings (SSSR count). The second kappa shape index (κ2) is 5.40. The van der Waals surface area contributed by atoms with E-state index >= 15 is 0 Å². The number of amides is 3. The fourth-order valence-electron chi connectivity index (χ4n) is 1.88. The first-order valence-electron chi connectivity index (χ1n) is 6.51. The van der Waals surface area contributed by atoms with Crippen LogP contribution in [-0.2, 0) is 9.59 Å². The number of anilines is 1. The minimum atomic E-state index is -0.449. The molecule has 1 aromatic rings. The molecule has 6 nitrogen and oxygen atoms in total. The average molecular weight is 287 g/mol. The van der Waals surface area contributed by atoms with Gasteiger partial charge in [-0.05, 0) is 18.2 Å². The van der Waals surface area contributed by atoms with Crippen molar-refractivity contribution >= 4 is 23.4 Å². The zero-order chi connectivity index (χ0) is 15.6. The van der Waals surface area contributed by atoms with E-state index in [4.69, 9.17) is 0 Å². The Kier molecular flexibility index (Phi) is 3.80. The lowest BCUT2D eigenvalue weighted by Gasteiger charge is -2.09. The fraction of sp³-hybridized carbons (Fsp3) is 0.267. The fourth-order valence-corrected chi connectivity index (χ4v) is 1.88. The van der Waals surface area contributed by atoms with Gasteiger partial charge in [0.15, 0.2) is 0 Å². The summed E-state index contributed by atoms with van der Waals surface area (Å²) < 4.78 is 0. The summed E-state index contributed by atoms with van der Waals surface area (Å²) >= 11 is 0. The van der Waals surface area contributed by atoms with E-state index in [2.05, 4.69) is 16.2 Å². The molecule has 0 fully saturated rings. The predicted molar refractivity (Wildman–Crippen MR) is 78.2 cm³/mol. The average Bonchev–Trinajstić information content (AvgIpc) is 3.04. The summed E-state index contributed by atoms with van der Waals surface area (Å²) in [5.41, 5.74) is 6.02. The van der Waals surface area contributed by atoms with Gasteiger partial charge in [0, 0.05) is 29.2 Å². The molecule has 6 heteroatoms. The van der Waals surface area contributed by atoms with Crippen LogP contribution in [-0.4, -0.2) is 17.7 Å². The normalized spacial score (nSPS) is 14.7. The Morgan fingerprint density at radius 2 is 1.67 bits per heavy atom. The summed E-state index contributed by atoms with van der Waals surface area (Å²) in [6.45, 7) is 5.22. The van der Waals surface area contributed by atoms with Crippen molar-refractivity contribution in [3.05, 3.63) is 41.5 Å². The molecular formula is C15H17N3O3. The number of allylic oxidation sites excluding steroid dienone is 1. The first-order chi connectivity index (χ1) is 9.79. The van der Waals surface area contributed by atoms with Crippen LogP contribution in [0.25, 0.3) is 0 Å². The van der Waals surface area contributed by atoms with Crippen LogP contribution >= 0.6 is 0 Å². The minimum Gasteiger partial charge on any atom is -0.326 e. The molecule has 0 bridgehead atoms. The molecule has 0 saturated heterocycles. The molecular weight excluding hydrogens is 270 g/mol.